The van der Waals surface area contributed by atoms with Crippen LogP contribution < -0.4 is 9.47 Å². The Hall–Kier alpha value is -2.31. The van der Waals surface area contributed by atoms with Crippen molar-refractivity contribution in [3.8, 4) is 11.5 Å². The van der Waals surface area contributed by atoms with Crippen LogP contribution in [0.25, 0.3) is 0 Å². The molecule has 0 bridgehead atoms. The van der Waals surface area contributed by atoms with Crippen LogP contribution in [0.2, 0.25) is 5.02 Å². The van der Waals surface area contributed by atoms with Gasteiger partial charge in [0.1, 0.15) is 0 Å². The summed E-state index contributed by atoms with van der Waals surface area (Å²) in [6.45, 7) is 1.98. The minimum atomic E-state index is -0.364. The van der Waals surface area contributed by atoms with E-state index in [9.17, 15) is 10.1 Å². The first kappa shape index (κ1) is 17.5. The summed E-state index contributed by atoms with van der Waals surface area (Å²) in [5.41, 5.74) is 3.09. The van der Waals surface area contributed by atoms with Gasteiger partial charge < -0.3 is 9.47 Å². The van der Waals surface area contributed by atoms with Gasteiger partial charge in [0.15, 0.2) is 11.5 Å². The Balaban J connectivity index is 1.84. The van der Waals surface area contributed by atoms with E-state index in [1.807, 2.05) is 12.1 Å². The molecule has 0 unspecified atom stereocenters. The highest BCUT2D eigenvalue weighted by atomic mass is 35.5. The van der Waals surface area contributed by atoms with Gasteiger partial charge in [-0.1, -0.05) is 11.6 Å². The Morgan fingerprint density at radius 3 is 2.48 bits per heavy atom. The zero-order valence-electron chi connectivity index (χ0n) is 14.1. The molecule has 1 aliphatic heterocycles. The monoisotopic (exact) mass is 362 g/mol. The fourth-order valence-corrected chi connectivity index (χ4v) is 3.37. The molecule has 0 saturated heterocycles. The van der Waals surface area contributed by atoms with E-state index >= 15 is 0 Å². The van der Waals surface area contributed by atoms with Crippen LogP contribution in [0, 0.1) is 10.1 Å². The second-order valence-corrected chi connectivity index (χ2v) is 6.40. The summed E-state index contributed by atoms with van der Waals surface area (Å²) in [6, 6.07) is 8.67. The number of nitro benzene ring substituents is 1. The third-order valence-corrected chi connectivity index (χ3v) is 4.66. The first-order valence-corrected chi connectivity index (χ1v) is 8.28. The molecule has 0 amide bonds. The predicted molar refractivity (Wildman–Crippen MR) is 95.5 cm³/mol. The number of methoxy groups -OCH3 is 2. The molecule has 3 rings (SSSR count). The molecule has 25 heavy (non-hydrogen) atoms. The maximum absolute atomic E-state index is 11.2. The number of nitro groups is 1. The van der Waals surface area contributed by atoms with E-state index < -0.39 is 0 Å². The molecule has 0 saturated carbocycles. The standard InChI is InChI=1S/C18H19ClN2O4/c1-24-17-8-12-5-6-20(10-13(12)9-18(17)25-2)11-14-7-15(19)3-4-16(14)21(22)23/h3-4,7-9H,5-6,10-11H2,1-2H3. The van der Waals surface area contributed by atoms with Crippen LogP contribution in [0.15, 0.2) is 30.3 Å². The van der Waals surface area contributed by atoms with Gasteiger partial charge >= 0.3 is 0 Å². The maximum atomic E-state index is 11.2. The van der Waals surface area contributed by atoms with E-state index in [2.05, 4.69) is 4.90 Å². The van der Waals surface area contributed by atoms with Crippen LogP contribution in [0.4, 0.5) is 5.69 Å². The van der Waals surface area contributed by atoms with Crippen molar-refractivity contribution in [3.05, 3.63) is 62.2 Å². The van der Waals surface area contributed by atoms with Gasteiger partial charge in [0.25, 0.3) is 5.69 Å². The third kappa shape index (κ3) is 3.70. The molecule has 0 aromatic heterocycles. The van der Waals surface area contributed by atoms with Gasteiger partial charge in [-0.2, -0.15) is 0 Å². The highest BCUT2D eigenvalue weighted by Gasteiger charge is 2.22. The Morgan fingerprint density at radius 2 is 1.84 bits per heavy atom. The van der Waals surface area contributed by atoms with Crippen molar-refractivity contribution in [2.24, 2.45) is 0 Å². The summed E-state index contributed by atoms with van der Waals surface area (Å²) in [4.78, 5) is 13.1. The number of benzene rings is 2. The number of fused-ring (bicyclic) bond motifs is 1. The number of ether oxygens (including phenoxy) is 2. The maximum Gasteiger partial charge on any atom is 0.273 e. The summed E-state index contributed by atoms with van der Waals surface area (Å²) in [6.07, 6.45) is 0.851. The normalized spacial score (nSPS) is 14.0. The first-order chi connectivity index (χ1) is 12.0. The molecule has 0 spiro atoms. The van der Waals surface area contributed by atoms with Crippen molar-refractivity contribution >= 4 is 17.3 Å². The van der Waals surface area contributed by atoms with E-state index in [-0.39, 0.29) is 10.6 Å². The lowest BCUT2D eigenvalue weighted by atomic mass is 9.98. The molecule has 132 valence electrons. The minimum absolute atomic E-state index is 0.0995. The van der Waals surface area contributed by atoms with Crippen LogP contribution in [-0.4, -0.2) is 30.6 Å². The highest BCUT2D eigenvalue weighted by Crippen LogP contribution is 2.34. The van der Waals surface area contributed by atoms with E-state index in [4.69, 9.17) is 21.1 Å². The second kappa shape index (κ2) is 7.29. The van der Waals surface area contributed by atoms with Crippen molar-refractivity contribution in [2.75, 3.05) is 20.8 Å². The zero-order valence-corrected chi connectivity index (χ0v) is 14.9. The molecule has 1 aliphatic rings. The van der Waals surface area contributed by atoms with E-state index in [0.29, 0.717) is 29.4 Å². The molecule has 0 aliphatic carbocycles. The summed E-state index contributed by atoms with van der Waals surface area (Å²) in [5, 5.41) is 11.7. The number of rotatable bonds is 5. The second-order valence-electron chi connectivity index (χ2n) is 5.97. The van der Waals surface area contributed by atoms with Gasteiger partial charge in [0.2, 0.25) is 0 Å². The SMILES string of the molecule is COc1cc2c(cc1OC)CN(Cc1cc(Cl)ccc1[N+](=O)[O-])CC2. The van der Waals surface area contributed by atoms with Crippen LogP contribution in [0.1, 0.15) is 16.7 Å². The molecule has 6 nitrogen and oxygen atoms in total. The van der Waals surface area contributed by atoms with Gasteiger partial charge in [-0.15, -0.1) is 0 Å². The first-order valence-electron chi connectivity index (χ1n) is 7.90. The lowest BCUT2D eigenvalue weighted by Crippen LogP contribution is -2.30. The average Bonchev–Trinajstić information content (AvgIpc) is 2.60. The largest absolute Gasteiger partial charge is 0.493 e. The van der Waals surface area contributed by atoms with Crippen molar-refractivity contribution in [1.29, 1.82) is 0 Å². The van der Waals surface area contributed by atoms with Crippen molar-refractivity contribution in [2.45, 2.75) is 19.5 Å². The quantitative estimate of drug-likeness (QED) is 0.597. The zero-order chi connectivity index (χ0) is 18.0. The molecule has 0 N–H and O–H groups in total. The van der Waals surface area contributed by atoms with Crippen LogP contribution in [0.3, 0.4) is 0 Å². The smallest absolute Gasteiger partial charge is 0.273 e. The van der Waals surface area contributed by atoms with Crippen LogP contribution >= 0.6 is 11.6 Å². The van der Waals surface area contributed by atoms with Crippen molar-refractivity contribution < 1.29 is 14.4 Å². The summed E-state index contributed by atoms with van der Waals surface area (Å²) < 4.78 is 10.7. The molecule has 1 heterocycles. The summed E-state index contributed by atoms with van der Waals surface area (Å²) >= 11 is 6.02. The van der Waals surface area contributed by atoms with E-state index in [1.165, 1.54) is 11.6 Å². The Labute approximate surface area is 151 Å². The summed E-state index contributed by atoms with van der Waals surface area (Å²) in [7, 11) is 3.23. The number of nitrogens with zero attached hydrogens (tertiary/aromatic N) is 2. The molecule has 2 aromatic carbocycles. The van der Waals surface area contributed by atoms with Crippen molar-refractivity contribution in [1.82, 2.24) is 4.90 Å². The highest BCUT2D eigenvalue weighted by molar-refractivity contribution is 6.30. The Morgan fingerprint density at radius 1 is 1.16 bits per heavy atom. The molecule has 0 radical (unpaired) electrons. The minimum Gasteiger partial charge on any atom is -0.493 e. The molecule has 2 aromatic rings. The molecular formula is C18H19ClN2O4. The lowest BCUT2D eigenvalue weighted by molar-refractivity contribution is -0.385. The lowest BCUT2D eigenvalue weighted by Gasteiger charge is -2.29. The van der Waals surface area contributed by atoms with Gasteiger partial charge in [0.05, 0.1) is 19.1 Å². The number of hydrogen-bond acceptors (Lipinski definition) is 5. The third-order valence-electron chi connectivity index (χ3n) is 4.43. The van der Waals surface area contributed by atoms with E-state index in [0.717, 1.165) is 24.3 Å². The number of halogens is 1. The topological polar surface area (TPSA) is 64.8 Å². The molecular weight excluding hydrogens is 344 g/mol. The average molecular weight is 363 g/mol. The predicted octanol–water partition coefficient (Wildman–Crippen LogP) is 3.82. The molecule has 0 atom stereocenters. The Kier molecular flexibility index (Phi) is 5.11. The fourth-order valence-electron chi connectivity index (χ4n) is 3.18. The van der Waals surface area contributed by atoms with Crippen LogP contribution in [-0.2, 0) is 19.5 Å². The van der Waals surface area contributed by atoms with Crippen molar-refractivity contribution in [3.63, 3.8) is 0 Å². The van der Waals surface area contributed by atoms with Gasteiger partial charge in [-0.05, 0) is 41.8 Å². The Bertz CT molecular complexity index is 810. The number of hydrogen-bond donors (Lipinski definition) is 0. The molecule has 0 fully saturated rings. The van der Waals surface area contributed by atoms with Gasteiger partial charge in [0, 0.05) is 36.3 Å². The van der Waals surface area contributed by atoms with Gasteiger partial charge in [-0.25, -0.2) is 0 Å². The summed E-state index contributed by atoms with van der Waals surface area (Å²) in [5.74, 6) is 1.41. The van der Waals surface area contributed by atoms with Crippen LogP contribution in [0.5, 0.6) is 11.5 Å². The van der Waals surface area contributed by atoms with E-state index in [1.54, 1.807) is 26.4 Å². The molecule has 7 heteroatoms. The van der Waals surface area contributed by atoms with Gasteiger partial charge in [-0.3, -0.25) is 15.0 Å². The fraction of sp³-hybridized carbons (Fsp3) is 0.333.